The van der Waals surface area contributed by atoms with Gasteiger partial charge in [-0.1, -0.05) is 0 Å². The third-order valence-corrected chi connectivity index (χ3v) is 2.65. The summed E-state index contributed by atoms with van der Waals surface area (Å²) in [5.41, 5.74) is 8.58. The van der Waals surface area contributed by atoms with Crippen LogP contribution in [0.25, 0.3) is 0 Å². The van der Waals surface area contributed by atoms with Gasteiger partial charge in [0.1, 0.15) is 6.04 Å². The van der Waals surface area contributed by atoms with Crippen molar-refractivity contribution in [2.45, 2.75) is 18.9 Å². The van der Waals surface area contributed by atoms with Crippen LogP contribution in [0.3, 0.4) is 0 Å². The highest BCUT2D eigenvalue weighted by Gasteiger charge is 2.24. The number of esters is 1. The number of nitrogens with two attached hydrogens (primary N) is 1. The Bertz CT molecular complexity index is 390. The van der Waals surface area contributed by atoms with Crippen molar-refractivity contribution in [3.05, 3.63) is 23.8 Å². The number of benzene rings is 1. The van der Waals surface area contributed by atoms with Gasteiger partial charge in [0.05, 0.1) is 7.11 Å². The lowest BCUT2D eigenvalue weighted by molar-refractivity contribution is -0.141. The van der Waals surface area contributed by atoms with Gasteiger partial charge in [0.15, 0.2) is 0 Å². The molecule has 2 rings (SSSR count). The second-order valence-electron chi connectivity index (χ2n) is 3.68. The summed E-state index contributed by atoms with van der Waals surface area (Å²) in [6.45, 7) is 0. The summed E-state index contributed by atoms with van der Waals surface area (Å²) in [6, 6.07) is 5.44. The van der Waals surface area contributed by atoms with Gasteiger partial charge >= 0.3 is 5.97 Å². The number of methoxy groups -OCH3 is 1. The van der Waals surface area contributed by atoms with Crippen molar-refractivity contribution >= 4 is 17.3 Å². The predicted molar refractivity (Wildman–Crippen MR) is 58.6 cm³/mol. The molecule has 15 heavy (non-hydrogen) atoms. The normalized spacial score (nSPS) is 18.9. The molecular weight excluding hydrogens is 192 g/mol. The van der Waals surface area contributed by atoms with Crippen LogP contribution in [0.5, 0.6) is 0 Å². The molecule has 0 spiro atoms. The Kier molecular flexibility index (Phi) is 2.49. The molecule has 1 aliphatic rings. The van der Waals surface area contributed by atoms with Gasteiger partial charge in [0.25, 0.3) is 0 Å². The second kappa shape index (κ2) is 3.81. The van der Waals surface area contributed by atoms with Crippen LogP contribution in [0.15, 0.2) is 18.2 Å². The van der Waals surface area contributed by atoms with Crippen LogP contribution >= 0.6 is 0 Å². The van der Waals surface area contributed by atoms with Crippen molar-refractivity contribution in [1.82, 2.24) is 0 Å². The van der Waals surface area contributed by atoms with E-state index >= 15 is 0 Å². The Hall–Kier alpha value is -1.71. The Morgan fingerprint density at radius 3 is 3.13 bits per heavy atom. The Balaban J connectivity index is 2.20. The van der Waals surface area contributed by atoms with Crippen LogP contribution in [-0.2, 0) is 16.0 Å². The third kappa shape index (κ3) is 1.88. The number of anilines is 2. The fourth-order valence-electron chi connectivity index (χ4n) is 1.84. The zero-order chi connectivity index (χ0) is 10.8. The van der Waals surface area contributed by atoms with Crippen molar-refractivity contribution in [2.75, 3.05) is 18.2 Å². The van der Waals surface area contributed by atoms with Crippen LogP contribution in [0.4, 0.5) is 11.4 Å². The number of carbonyl (C=O) groups excluding carboxylic acids is 1. The molecule has 0 aromatic heterocycles. The van der Waals surface area contributed by atoms with Crippen LogP contribution < -0.4 is 11.1 Å². The Labute approximate surface area is 88.4 Å². The highest BCUT2D eigenvalue weighted by atomic mass is 16.5. The maximum absolute atomic E-state index is 11.3. The average Bonchev–Trinajstić information content (AvgIpc) is 2.27. The van der Waals surface area contributed by atoms with E-state index in [1.165, 1.54) is 7.11 Å². The first-order valence-corrected chi connectivity index (χ1v) is 4.93. The molecule has 1 atom stereocenters. The van der Waals surface area contributed by atoms with Gasteiger partial charge in [-0.3, -0.25) is 0 Å². The highest BCUT2D eigenvalue weighted by Crippen LogP contribution is 2.26. The molecule has 1 aliphatic heterocycles. The smallest absolute Gasteiger partial charge is 0.328 e. The number of hydrogen-bond acceptors (Lipinski definition) is 4. The van der Waals surface area contributed by atoms with E-state index in [2.05, 4.69) is 5.32 Å². The zero-order valence-electron chi connectivity index (χ0n) is 8.62. The quantitative estimate of drug-likeness (QED) is 0.534. The van der Waals surface area contributed by atoms with Crippen LogP contribution in [0.1, 0.15) is 12.0 Å². The molecule has 0 saturated heterocycles. The number of nitrogens with one attached hydrogen (secondary N) is 1. The van der Waals surface area contributed by atoms with Crippen molar-refractivity contribution < 1.29 is 9.53 Å². The maximum Gasteiger partial charge on any atom is 0.328 e. The predicted octanol–water partition coefficient (Wildman–Crippen LogP) is 1.17. The Morgan fingerprint density at radius 1 is 1.60 bits per heavy atom. The molecule has 80 valence electrons. The summed E-state index contributed by atoms with van der Waals surface area (Å²) in [7, 11) is 1.41. The fraction of sp³-hybridized carbons (Fsp3) is 0.364. The number of nitrogen functional groups attached to an aromatic ring is 1. The minimum Gasteiger partial charge on any atom is -0.467 e. The summed E-state index contributed by atoms with van der Waals surface area (Å²) >= 11 is 0. The minimum absolute atomic E-state index is 0.211. The molecule has 4 nitrogen and oxygen atoms in total. The van der Waals surface area contributed by atoms with Crippen molar-refractivity contribution in [1.29, 1.82) is 0 Å². The van der Waals surface area contributed by atoms with Crippen molar-refractivity contribution in [3.63, 3.8) is 0 Å². The van der Waals surface area contributed by atoms with Gasteiger partial charge in [0.2, 0.25) is 0 Å². The van der Waals surface area contributed by atoms with E-state index in [-0.39, 0.29) is 12.0 Å². The fourth-order valence-corrected chi connectivity index (χ4v) is 1.84. The molecule has 0 bridgehead atoms. The molecule has 3 N–H and O–H groups in total. The summed E-state index contributed by atoms with van der Waals surface area (Å²) in [6.07, 6.45) is 1.61. The molecule has 1 aromatic carbocycles. The largest absolute Gasteiger partial charge is 0.467 e. The average molecular weight is 206 g/mol. The monoisotopic (exact) mass is 206 g/mol. The van der Waals surface area contributed by atoms with E-state index in [1.807, 2.05) is 18.2 Å². The van der Waals surface area contributed by atoms with Gasteiger partial charge in [-0.25, -0.2) is 4.79 Å². The molecule has 0 radical (unpaired) electrons. The SMILES string of the molecule is COC(=O)C1CCc2cc(N)ccc2N1. The molecule has 1 unspecified atom stereocenters. The van der Waals surface area contributed by atoms with E-state index in [0.717, 1.165) is 29.8 Å². The summed E-state index contributed by atoms with van der Waals surface area (Å²) in [4.78, 5) is 11.3. The van der Waals surface area contributed by atoms with Crippen LogP contribution in [0.2, 0.25) is 0 Å². The number of hydrogen-bond donors (Lipinski definition) is 2. The first-order chi connectivity index (χ1) is 7.20. The standard InChI is InChI=1S/C11H14N2O2/c1-15-11(14)10-4-2-7-6-8(12)3-5-9(7)13-10/h3,5-6,10,13H,2,4,12H2,1H3. The molecule has 1 aromatic rings. The van der Waals surface area contributed by atoms with Gasteiger partial charge in [0, 0.05) is 11.4 Å². The van der Waals surface area contributed by atoms with Crippen LogP contribution in [-0.4, -0.2) is 19.1 Å². The summed E-state index contributed by atoms with van der Waals surface area (Å²) in [5, 5.41) is 3.14. The first kappa shape index (κ1) is 9.83. The van der Waals surface area contributed by atoms with Gasteiger partial charge in [-0.05, 0) is 36.6 Å². The molecule has 0 saturated carbocycles. The zero-order valence-corrected chi connectivity index (χ0v) is 8.62. The van der Waals surface area contributed by atoms with E-state index in [9.17, 15) is 4.79 Å². The number of rotatable bonds is 1. The maximum atomic E-state index is 11.3. The van der Waals surface area contributed by atoms with Gasteiger partial charge in [-0.2, -0.15) is 0 Å². The molecule has 4 heteroatoms. The van der Waals surface area contributed by atoms with E-state index in [0.29, 0.717) is 0 Å². The first-order valence-electron chi connectivity index (χ1n) is 4.93. The number of fused-ring (bicyclic) bond motifs is 1. The molecule has 0 aliphatic carbocycles. The second-order valence-corrected chi connectivity index (χ2v) is 3.68. The molecule has 0 amide bonds. The van der Waals surface area contributed by atoms with Gasteiger partial charge < -0.3 is 15.8 Å². The van der Waals surface area contributed by atoms with E-state index < -0.39 is 0 Å². The van der Waals surface area contributed by atoms with E-state index in [4.69, 9.17) is 10.5 Å². The van der Waals surface area contributed by atoms with Crippen molar-refractivity contribution in [2.24, 2.45) is 0 Å². The number of ether oxygens (including phenoxy) is 1. The van der Waals surface area contributed by atoms with Gasteiger partial charge in [-0.15, -0.1) is 0 Å². The number of aryl methyl sites for hydroxylation is 1. The number of carbonyl (C=O) groups is 1. The molecular formula is C11H14N2O2. The third-order valence-electron chi connectivity index (χ3n) is 2.65. The molecule has 1 heterocycles. The minimum atomic E-state index is -0.230. The lowest BCUT2D eigenvalue weighted by Gasteiger charge is -2.25. The lowest BCUT2D eigenvalue weighted by Crippen LogP contribution is -2.34. The lowest BCUT2D eigenvalue weighted by atomic mass is 9.98. The van der Waals surface area contributed by atoms with Crippen molar-refractivity contribution in [3.8, 4) is 0 Å². The van der Waals surface area contributed by atoms with E-state index in [1.54, 1.807) is 0 Å². The van der Waals surface area contributed by atoms with Crippen LogP contribution in [0, 0.1) is 0 Å². The summed E-state index contributed by atoms with van der Waals surface area (Å²) < 4.78 is 4.70. The highest BCUT2D eigenvalue weighted by molar-refractivity contribution is 5.80. The summed E-state index contributed by atoms with van der Waals surface area (Å²) in [5.74, 6) is -0.211. The topological polar surface area (TPSA) is 64.3 Å². The Morgan fingerprint density at radius 2 is 2.40 bits per heavy atom. The molecule has 0 fully saturated rings.